The third-order valence-corrected chi connectivity index (χ3v) is 3.28. The van der Waals surface area contributed by atoms with Gasteiger partial charge in [-0.2, -0.15) is 0 Å². The van der Waals surface area contributed by atoms with E-state index in [4.69, 9.17) is 0 Å². The van der Waals surface area contributed by atoms with Crippen molar-refractivity contribution in [2.24, 2.45) is 5.92 Å². The second-order valence-corrected chi connectivity index (χ2v) is 4.29. The zero-order valence-corrected chi connectivity index (χ0v) is 8.46. The maximum atomic E-state index is 11.7. The van der Waals surface area contributed by atoms with E-state index in [2.05, 4.69) is 15.5 Å². The Morgan fingerprint density at radius 3 is 2.71 bits per heavy atom. The number of piperidine rings is 1. The average Bonchev–Trinajstić information content (AvgIpc) is 2.37. The summed E-state index contributed by atoms with van der Waals surface area (Å²) >= 11 is 0. The summed E-state index contributed by atoms with van der Waals surface area (Å²) in [5, 5.41) is 5.08. The van der Waals surface area contributed by atoms with Gasteiger partial charge in [-0.15, -0.1) is 0 Å². The van der Waals surface area contributed by atoms with E-state index in [1.54, 1.807) is 0 Å². The lowest BCUT2D eigenvalue weighted by molar-refractivity contribution is -0.127. The summed E-state index contributed by atoms with van der Waals surface area (Å²) in [7, 11) is 2.03. The number of urea groups is 1. The van der Waals surface area contributed by atoms with E-state index in [1.165, 1.54) is 0 Å². The smallest absolute Gasteiger partial charge is 0.322 e. The minimum atomic E-state index is -0.649. The normalized spacial score (nSPS) is 38.6. The number of hydrogen-bond donors (Lipinski definition) is 2. The summed E-state index contributed by atoms with van der Waals surface area (Å²) in [5.74, 6) is -0.00389. The van der Waals surface area contributed by atoms with Crippen LogP contribution in [0.25, 0.3) is 0 Å². The molecule has 0 bridgehead atoms. The number of carbonyl (C=O) groups is 2. The highest BCUT2D eigenvalue weighted by Gasteiger charge is 2.51. The second kappa shape index (κ2) is 2.95. The van der Waals surface area contributed by atoms with Crippen LogP contribution < -0.4 is 10.6 Å². The standard InChI is InChI=1S/C9H15N3O2/c1-6-5-12(2)4-3-9(6)7(13)10-8(14)11-9/h6H,3-5H2,1-2H3,(H2,10,11,13,14)/t6-,9?/m0/s1. The lowest BCUT2D eigenvalue weighted by Gasteiger charge is -2.40. The number of nitrogens with zero attached hydrogens (tertiary/aromatic N) is 1. The van der Waals surface area contributed by atoms with Gasteiger partial charge in [0.2, 0.25) is 0 Å². The van der Waals surface area contributed by atoms with E-state index in [-0.39, 0.29) is 17.9 Å². The molecule has 0 radical (unpaired) electrons. The average molecular weight is 197 g/mol. The highest BCUT2D eigenvalue weighted by molar-refractivity contribution is 6.07. The molecule has 2 N–H and O–H groups in total. The van der Waals surface area contributed by atoms with E-state index in [1.807, 2.05) is 14.0 Å². The van der Waals surface area contributed by atoms with Crippen LogP contribution in [0.5, 0.6) is 0 Å². The zero-order chi connectivity index (χ0) is 10.3. The van der Waals surface area contributed by atoms with Gasteiger partial charge >= 0.3 is 6.03 Å². The van der Waals surface area contributed by atoms with Gasteiger partial charge in [-0.25, -0.2) is 4.79 Å². The van der Waals surface area contributed by atoms with Crippen LogP contribution in [-0.4, -0.2) is 42.5 Å². The van der Waals surface area contributed by atoms with Crippen LogP contribution in [0, 0.1) is 5.92 Å². The van der Waals surface area contributed by atoms with Crippen LogP contribution in [0.15, 0.2) is 0 Å². The lowest BCUT2D eigenvalue weighted by Crippen LogP contribution is -2.59. The summed E-state index contributed by atoms with van der Waals surface area (Å²) in [4.78, 5) is 24.9. The molecule has 0 aromatic rings. The number of amides is 3. The minimum Gasteiger partial charge on any atom is -0.323 e. The molecule has 78 valence electrons. The third-order valence-electron chi connectivity index (χ3n) is 3.28. The summed E-state index contributed by atoms with van der Waals surface area (Å²) in [6.45, 7) is 3.69. The topological polar surface area (TPSA) is 61.4 Å². The van der Waals surface area contributed by atoms with Crippen molar-refractivity contribution >= 4 is 11.9 Å². The first-order valence-corrected chi connectivity index (χ1v) is 4.87. The molecule has 0 saturated carbocycles. The Hall–Kier alpha value is -1.10. The van der Waals surface area contributed by atoms with Gasteiger partial charge in [0, 0.05) is 19.0 Å². The van der Waals surface area contributed by atoms with Gasteiger partial charge < -0.3 is 10.2 Å². The highest BCUT2D eigenvalue weighted by Crippen LogP contribution is 2.29. The molecular weight excluding hydrogens is 182 g/mol. The zero-order valence-electron chi connectivity index (χ0n) is 8.46. The van der Waals surface area contributed by atoms with E-state index in [0.29, 0.717) is 6.42 Å². The number of rotatable bonds is 0. The van der Waals surface area contributed by atoms with Crippen LogP contribution in [-0.2, 0) is 4.79 Å². The van der Waals surface area contributed by atoms with Crippen molar-refractivity contribution in [1.29, 1.82) is 0 Å². The van der Waals surface area contributed by atoms with E-state index >= 15 is 0 Å². The predicted molar refractivity (Wildman–Crippen MR) is 50.7 cm³/mol. The SMILES string of the molecule is C[C@H]1CN(C)CCC12NC(=O)NC2=O. The monoisotopic (exact) mass is 197 g/mol. The van der Waals surface area contributed by atoms with Crippen LogP contribution in [0.2, 0.25) is 0 Å². The van der Waals surface area contributed by atoms with Crippen LogP contribution in [0.4, 0.5) is 4.79 Å². The van der Waals surface area contributed by atoms with Gasteiger partial charge in [-0.3, -0.25) is 10.1 Å². The quantitative estimate of drug-likeness (QED) is 0.516. The van der Waals surface area contributed by atoms with Crippen LogP contribution in [0.3, 0.4) is 0 Å². The van der Waals surface area contributed by atoms with Crippen molar-refractivity contribution in [2.45, 2.75) is 18.9 Å². The molecule has 2 saturated heterocycles. The van der Waals surface area contributed by atoms with Gasteiger partial charge in [0.25, 0.3) is 5.91 Å². The Kier molecular flexibility index (Phi) is 1.99. The fourth-order valence-corrected chi connectivity index (χ4v) is 2.36. The maximum Gasteiger partial charge on any atom is 0.322 e. The Morgan fingerprint density at radius 1 is 1.50 bits per heavy atom. The molecule has 14 heavy (non-hydrogen) atoms. The third kappa shape index (κ3) is 1.19. The van der Waals surface area contributed by atoms with Crippen molar-refractivity contribution in [1.82, 2.24) is 15.5 Å². The first-order valence-electron chi connectivity index (χ1n) is 4.87. The van der Waals surface area contributed by atoms with Crippen LogP contribution in [0.1, 0.15) is 13.3 Å². The molecule has 5 heteroatoms. The Morgan fingerprint density at radius 2 is 2.21 bits per heavy atom. The molecule has 2 aliphatic heterocycles. The summed E-state index contributed by atoms with van der Waals surface area (Å²) in [6, 6.07) is -0.355. The molecule has 2 fully saturated rings. The first kappa shape index (κ1) is 9.45. The van der Waals surface area contributed by atoms with Gasteiger partial charge in [-0.05, 0) is 13.5 Å². The first-order chi connectivity index (χ1) is 6.54. The number of likely N-dealkylation sites (tertiary alicyclic amines) is 1. The summed E-state index contributed by atoms with van der Waals surface area (Å²) in [5.41, 5.74) is -0.649. The van der Waals surface area contributed by atoms with Crippen molar-refractivity contribution in [2.75, 3.05) is 20.1 Å². The summed E-state index contributed by atoms with van der Waals surface area (Å²) in [6.07, 6.45) is 0.697. The van der Waals surface area contributed by atoms with Gasteiger partial charge in [-0.1, -0.05) is 6.92 Å². The van der Waals surface area contributed by atoms with Gasteiger partial charge in [0.05, 0.1) is 0 Å². The lowest BCUT2D eigenvalue weighted by atomic mass is 9.79. The minimum absolute atomic E-state index is 0.160. The molecule has 0 aliphatic carbocycles. The van der Waals surface area contributed by atoms with Gasteiger partial charge in [0.15, 0.2) is 0 Å². The molecule has 2 rings (SSSR count). The van der Waals surface area contributed by atoms with Crippen molar-refractivity contribution in [3.8, 4) is 0 Å². The van der Waals surface area contributed by atoms with Gasteiger partial charge in [0.1, 0.15) is 5.54 Å². The van der Waals surface area contributed by atoms with E-state index < -0.39 is 5.54 Å². The number of hydrogen-bond acceptors (Lipinski definition) is 3. The number of nitrogens with one attached hydrogen (secondary N) is 2. The molecule has 0 aromatic carbocycles. The molecule has 2 aliphatic rings. The predicted octanol–water partition coefficient (Wildman–Crippen LogP) is -0.464. The molecule has 3 amide bonds. The Balaban J connectivity index is 2.23. The fourth-order valence-electron chi connectivity index (χ4n) is 2.36. The van der Waals surface area contributed by atoms with E-state index in [0.717, 1.165) is 13.1 Å². The second-order valence-electron chi connectivity index (χ2n) is 4.29. The molecule has 2 heterocycles. The van der Waals surface area contributed by atoms with Crippen LogP contribution >= 0.6 is 0 Å². The number of imide groups is 1. The van der Waals surface area contributed by atoms with Crippen molar-refractivity contribution in [3.05, 3.63) is 0 Å². The molecule has 2 atom stereocenters. The number of carbonyl (C=O) groups excluding carboxylic acids is 2. The fraction of sp³-hybridized carbons (Fsp3) is 0.778. The maximum absolute atomic E-state index is 11.7. The highest BCUT2D eigenvalue weighted by atomic mass is 16.2. The molecule has 1 spiro atoms. The van der Waals surface area contributed by atoms with Crippen molar-refractivity contribution in [3.63, 3.8) is 0 Å². The largest absolute Gasteiger partial charge is 0.323 e. The molecule has 5 nitrogen and oxygen atoms in total. The van der Waals surface area contributed by atoms with Crippen molar-refractivity contribution < 1.29 is 9.59 Å². The molecule has 0 aromatic heterocycles. The Labute approximate surface area is 82.8 Å². The Bertz CT molecular complexity index is 292. The summed E-state index contributed by atoms with van der Waals surface area (Å²) < 4.78 is 0. The molecule has 1 unspecified atom stereocenters. The molecular formula is C9H15N3O2. The van der Waals surface area contributed by atoms with E-state index in [9.17, 15) is 9.59 Å².